The van der Waals surface area contributed by atoms with Crippen LogP contribution < -0.4 is 5.32 Å². The molecule has 0 atom stereocenters. The lowest BCUT2D eigenvalue weighted by atomic mass is 10.0. The summed E-state index contributed by atoms with van der Waals surface area (Å²) in [7, 11) is 0. The molecule has 0 radical (unpaired) electrons. The smallest absolute Gasteiger partial charge is 0.257 e. The van der Waals surface area contributed by atoms with Gasteiger partial charge in [0.05, 0.1) is 5.75 Å². The Morgan fingerprint density at radius 1 is 0.923 bits per heavy atom. The molecule has 5 heteroatoms. The molecule has 4 nitrogen and oxygen atoms in total. The van der Waals surface area contributed by atoms with Gasteiger partial charge in [0.2, 0.25) is 5.91 Å². The molecule has 0 aliphatic rings. The molecule has 128 valence electrons. The second-order valence-electron chi connectivity index (χ2n) is 5.70. The van der Waals surface area contributed by atoms with Crippen molar-refractivity contribution in [1.29, 1.82) is 0 Å². The number of hydrogen-bond donors (Lipinski definition) is 1. The Bertz CT molecular complexity index is 1010. The molecule has 1 N–H and O–H groups in total. The Morgan fingerprint density at radius 2 is 1.65 bits per heavy atom. The lowest BCUT2D eigenvalue weighted by molar-refractivity contribution is -0.113. The number of benzene rings is 3. The van der Waals surface area contributed by atoms with Gasteiger partial charge in [-0.3, -0.25) is 4.79 Å². The standard InChI is InChI=1S/C21H16N2O2S/c24-20(14-26-21-23-18-12-6-7-13-19(18)25-21)22-17-11-5-4-10-16(17)15-8-2-1-3-9-15/h1-13H,14H2,(H,22,24). The number of para-hydroxylation sites is 3. The lowest BCUT2D eigenvalue weighted by Gasteiger charge is -2.10. The molecule has 4 rings (SSSR count). The van der Waals surface area contributed by atoms with E-state index in [4.69, 9.17) is 4.42 Å². The van der Waals surface area contributed by atoms with Crippen molar-refractivity contribution in [3.63, 3.8) is 0 Å². The zero-order valence-corrected chi connectivity index (χ0v) is 14.7. The summed E-state index contributed by atoms with van der Waals surface area (Å²) in [5.41, 5.74) is 4.37. The van der Waals surface area contributed by atoms with E-state index >= 15 is 0 Å². The van der Waals surface area contributed by atoms with Crippen molar-refractivity contribution >= 4 is 34.5 Å². The van der Waals surface area contributed by atoms with Gasteiger partial charge in [-0.15, -0.1) is 0 Å². The number of rotatable bonds is 5. The monoisotopic (exact) mass is 360 g/mol. The van der Waals surface area contributed by atoms with Crippen molar-refractivity contribution in [1.82, 2.24) is 4.98 Å². The second kappa shape index (κ2) is 7.45. The van der Waals surface area contributed by atoms with Crippen LogP contribution in [0, 0.1) is 0 Å². The van der Waals surface area contributed by atoms with Crippen LogP contribution in [-0.4, -0.2) is 16.6 Å². The first-order chi connectivity index (χ1) is 12.8. The number of nitrogens with one attached hydrogen (secondary N) is 1. The zero-order valence-electron chi connectivity index (χ0n) is 13.9. The number of oxazole rings is 1. The molecule has 0 unspecified atom stereocenters. The van der Waals surface area contributed by atoms with E-state index < -0.39 is 0 Å². The fraction of sp³-hybridized carbons (Fsp3) is 0.0476. The number of aromatic nitrogens is 1. The van der Waals surface area contributed by atoms with E-state index in [0.717, 1.165) is 27.9 Å². The fourth-order valence-corrected chi connectivity index (χ4v) is 3.33. The Hall–Kier alpha value is -3.05. The number of hydrogen-bond acceptors (Lipinski definition) is 4. The first-order valence-electron chi connectivity index (χ1n) is 8.22. The molecule has 0 bridgehead atoms. The molecule has 0 fully saturated rings. The maximum absolute atomic E-state index is 12.4. The highest BCUT2D eigenvalue weighted by atomic mass is 32.2. The third-order valence-corrected chi connectivity index (χ3v) is 4.72. The molecule has 0 aliphatic heterocycles. The molecule has 4 aromatic rings. The fourth-order valence-electron chi connectivity index (χ4n) is 2.69. The maximum atomic E-state index is 12.4. The third-order valence-electron chi connectivity index (χ3n) is 3.89. The Labute approximate surface area is 155 Å². The van der Waals surface area contributed by atoms with Gasteiger partial charge in [-0.05, 0) is 23.8 Å². The van der Waals surface area contributed by atoms with Crippen LogP contribution in [0.5, 0.6) is 0 Å². The van der Waals surface area contributed by atoms with Crippen molar-refractivity contribution < 1.29 is 9.21 Å². The number of carbonyl (C=O) groups excluding carboxylic acids is 1. The number of amides is 1. The van der Waals surface area contributed by atoms with Crippen molar-refractivity contribution in [2.24, 2.45) is 0 Å². The molecular weight excluding hydrogens is 344 g/mol. The minimum atomic E-state index is -0.0966. The van der Waals surface area contributed by atoms with Gasteiger partial charge in [0.25, 0.3) is 5.22 Å². The van der Waals surface area contributed by atoms with Crippen LogP contribution in [0.15, 0.2) is 88.5 Å². The molecule has 26 heavy (non-hydrogen) atoms. The first-order valence-corrected chi connectivity index (χ1v) is 9.21. The van der Waals surface area contributed by atoms with E-state index in [9.17, 15) is 4.79 Å². The van der Waals surface area contributed by atoms with E-state index in [1.54, 1.807) is 0 Å². The summed E-state index contributed by atoms with van der Waals surface area (Å²) in [4.78, 5) is 16.8. The Kier molecular flexibility index (Phi) is 4.71. The molecule has 1 aromatic heterocycles. The van der Waals surface area contributed by atoms with Crippen LogP contribution in [0.1, 0.15) is 0 Å². The summed E-state index contributed by atoms with van der Waals surface area (Å²) in [6.45, 7) is 0. The summed E-state index contributed by atoms with van der Waals surface area (Å²) >= 11 is 1.29. The van der Waals surface area contributed by atoms with Crippen LogP contribution in [0.4, 0.5) is 5.69 Å². The number of anilines is 1. The van der Waals surface area contributed by atoms with Crippen molar-refractivity contribution in [3.8, 4) is 11.1 Å². The normalized spacial score (nSPS) is 10.8. The SMILES string of the molecule is O=C(CSc1nc2ccccc2o1)Nc1ccccc1-c1ccccc1. The Balaban J connectivity index is 1.45. The molecule has 3 aromatic carbocycles. The number of thioether (sulfide) groups is 1. The maximum Gasteiger partial charge on any atom is 0.257 e. The zero-order chi connectivity index (χ0) is 17.8. The van der Waals surface area contributed by atoms with Crippen LogP contribution in [0.3, 0.4) is 0 Å². The summed E-state index contributed by atoms with van der Waals surface area (Å²) in [6, 6.07) is 25.3. The molecule has 0 aliphatic carbocycles. The minimum Gasteiger partial charge on any atom is -0.431 e. The summed E-state index contributed by atoms with van der Waals surface area (Å²) in [5.74, 6) is 0.135. The third kappa shape index (κ3) is 3.63. The molecule has 0 spiro atoms. The minimum absolute atomic E-state index is 0.0966. The predicted octanol–water partition coefficient (Wildman–Crippen LogP) is 5.23. The molecule has 1 amide bonds. The van der Waals surface area contributed by atoms with E-state index in [-0.39, 0.29) is 11.7 Å². The van der Waals surface area contributed by atoms with E-state index in [1.807, 2.05) is 78.9 Å². The molecular formula is C21H16N2O2S. The first kappa shape index (κ1) is 16.4. The van der Waals surface area contributed by atoms with Crippen molar-refractivity contribution in [2.45, 2.75) is 5.22 Å². The highest BCUT2D eigenvalue weighted by molar-refractivity contribution is 7.99. The average molecular weight is 360 g/mol. The van der Waals surface area contributed by atoms with Gasteiger partial charge in [-0.1, -0.05) is 72.4 Å². The van der Waals surface area contributed by atoms with Crippen LogP contribution in [0.25, 0.3) is 22.2 Å². The van der Waals surface area contributed by atoms with Crippen molar-refractivity contribution in [3.05, 3.63) is 78.9 Å². The van der Waals surface area contributed by atoms with Crippen LogP contribution in [-0.2, 0) is 4.79 Å². The topological polar surface area (TPSA) is 55.1 Å². The Morgan fingerprint density at radius 3 is 2.50 bits per heavy atom. The van der Waals surface area contributed by atoms with Gasteiger partial charge in [0.1, 0.15) is 5.52 Å². The second-order valence-corrected chi connectivity index (χ2v) is 6.62. The van der Waals surface area contributed by atoms with Gasteiger partial charge in [-0.25, -0.2) is 4.98 Å². The highest BCUT2D eigenvalue weighted by Gasteiger charge is 2.11. The predicted molar refractivity (Wildman–Crippen MR) is 105 cm³/mol. The summed E-state index contributed by atoms with van der Waals surface area (Å²) in [5, 5.41) is 3.48. The van der Waals surface area contributed by atoms with E-state index in [2.05, 4.69) is 10.3 Å². The molecule has 0 saturated carbocycles. The van der Waals surface area contributed by atoms with Crippen molar-refractivity contribution in [2.75, 3.05) is 11.1 Å². The number of carbonyl (C=O) groups is 1. The summed E-state index contributed by atoms with van der Waals surface area (Å²) in [6.07, 6.45) is 0. The number of nitrogens with zero attached hydrogens (tertiary/aromatic N) is 1. The van der Waals surface area contributed by atoms with Gasteiger partial charge in [0.15, 0.2) is 5.58 Å². The summed E-state index contributed by atoms with van der Waals surface area (Å²) < 4.78 is 5.63. The molecule has 1 heterocycles. The van der Waals surface area contributed by atoms with E-state index in [1.165, 1.54) is 11.8 Å². The van der Waals surface area contributed by atoms with Gasteiger partial charge < -0.3 is 9.73 Å². The van der Waals surface area contributed by atoms with Gasteiger partial charge >= 0.3 is 0 Å². The largest absolute Gasteiger partial charge is 0.431 e. The van der Waals surface area contributed by atoms with Crippen LogP contribution in [0.2, 0.25) is 0 Å². The molecule has 0 saturated heterocycles. The average Bonchev–Trinajstić information content (AvgIpc) is 3.11. The quantitative estimate of drug-likeness (QED) is 0.495. The lowest BCUT2D eigenvalue weighted by Crippen LogP contribution is -2.14. The number of fused-ring (bicyclic) bond motifs is 1. The van der Waals surface area contributed by atoms with E-state index in [0.29, 0.717) is 5.22 Å². The van der Waals surface area contributed by atoms with Gasteiger partial charge in [-0.2, -0.15) is 0 Å². The van der Waals surface area contributed by atoms with Crippen LogP contribution >= 0.6 is 11.8 Å². The highest BCUT2D eigenvalue weighted by Crippen LogP contribution is 2.28. The van der Waals surface area contributed by atoms with Gasteiger partial charge in [0, 0.05) is 11.3 Å².